The van der Waals surface area contributed by atoms with Crippen molar-refractivity contribution in [3.8, 4) is 0 Å². The van der Waals surface area contributed by atoms with Crippen LogP contribution in [0.2, 0.25) is 0 Å². The third-order valence-electron chi connectivity index (χ3n) is 0. The molecule has 19 radical (unpaired) electrons. The van der Waals surface area contributed by atoms with E-state index in [1.54, 1.807) is 0 Å². The van der Waals surface area contributed by atoms with Crippen LogP contribution in [-0.4, -0.2) is 71.7 Å². The molecule has 0 bridgehead atoms. The van der Waals surface area contributed by atoms with Gasteiger partial charge in [0.1, 0.15) is 0 Å². The van der Waals surface area contributed by atoms with Gasteiger partial charge < -0.3 is 0 Å². The van der Waals surface area contributed by atoms with Gasteiger partial charge in [-0.3, -0.25) is 0 Å². The Morgan fingerprint density at radius 1 is 0.300 bits per heavy atom. The topological polar surface area (TPSA) is 0 Å². The minimum Gasteiger partial charge on any atom is 0 e. The average Bonchev–Trinajstić information content (AvgIpc) is 0. The Morgan fingerprint density at radius 2 is 0.300 bits per heavy atom. The van der Waals surface area contributed by atoms with Gasteiger partial charge in [-0.25, -0.2) is 0 Å². The van der Waals surface area contributed by atoms with Gasteiger partial charge in [-0.15, -0.1) is 0 Å². The first-order chi connectivity index (χ1) is 0. The molecule has 0 aliphatic rings. The van der Waals surface area contributed by atoms with Crippen LogP contribution in [0.5, 0.6) is 0 Å². The first-order valence-electron chi connectivity index (χ1n) is 0. The standard InChI is InChI=1S/5Ag.2Cu.3Sn. The monoisotopic (exact) mass is 1020 g/mol. The Morgan fingerprint density at radius 3 is 0.300 bits per heavy atom. The van der Waals surface area contributed by atoms with Crippen LogP contribution in [-0.2, 0) is 146 Å². The van der Waals surface area contributed by atoms with E-state index in [1.807, 2.05) is 0 Å². The van der Waals surface area contributed by atoms with Crippen LogP contribution < -0.4 is 0 Å². The second kappa shape index (κ2) is 72.6. The van der Waals surface area contributed by atoms with Crippen molar-refractivity contribution in [2.45, 2.75) is 0 Å². The van der Waals surface area contributed by atoms with E-state index < -0.39 is 0 Å². The summed E-state index contributed by atoms with van der Waals surface area (Å²) in [6.45, 7) is 0. The van der Waals surface area contributed by atoms with E-state index in [1.165, 1.54) is 0 Å². The van der Waals surface area contributed by atoms with Gasteiger partial charge >= 0.3 is 0 Å². The molecule has 0 atom stereocenters. The van der Waals surface area contributed by atoms with Gasteiger partial charge in [0.25, 0.3) is 0 Å². The molecule has 0 saturated heterocycles. The third-order valence-corrected chi connectivity index (χ3v) is 0. The van der Waals surface area contributed by atoms with E-state index >= 15 is 0 Å². The Labute approximate surface area is 212 Å². The first kappa shape index (κ1) is 87.6. The van der Waals surface area contributed by atoms with Crippen LogP contribution in [0.25, 0.3) is 0 Å². The van der Waals surface area contributed by atoms with Crippen LogP contribution in [0.4, 0.5) is 0 Å². The zero-order chi connectivity index (χ0) is 0. The smallest absolute Gasteiger partial charge is 0 e. The Bertz CT molecular complexity index is 14.9. The molecule has 0 aromatic carbocycles. The summed E-state index contributed by atoms with van der Waals surface area (Å²) in [6, 6.07) is 0. The molecule has 0 aromatic heterocycles. The van der Waals surface area contributed by atoms with Crippen LogP contribution in [0, 0.1) is 0 Å². The van der Waals surface area contributed by atoms with Crippen LogP contribution in [0.1, 0.15) is 0 Å². The fourth-order valence-electron chi connectivity index (χ4n) is 0. The second-order valence-corrected chi connectivity index (χ2v) is 0. The van der Waals surface area contributed by atoms with Crippen molar-refractivity contribution in [3.05, 3.63) is 0 Å². The quantitative estimate of drug-likeness (QED) is 0.270. The summed E-state index contributed by atoms with van der Waals surface area (Å²) < 4.78 is 0. The average molecular weight is 1020 g/mol. The molecule has 0 aliphatic carbocycles. The van der Waals surface area contributed by atoms with Gasteiger partial charge in [-0.05, 0) is 0 Å². The maximum absolute atomic E-state index is 0. The summed E-state index contributed by atoms with van der Waals surface area (Å²) in [5.74, 6) is 0. The predicted octanol–water partition coefficient (Wildman–Crippen LogP) is -1.16. The maximum atomic E-state index is 0. The Hall–Kier alpha value is 7.14. The zero-order valence-electron chi connectivity index (χ0n) is 3.61. The van der Waals surface area contributed by atoms with E-state index in [9.17, 15) is 0 Å². The summed E-state index contributed by atoms with van der Waals surface area (Å²) in [4.78, 5) is 0. The molecule has 0 unspecified atom stereocenters. The van der Waals surface area contributed by atoms with Crippen molar-refractivity contribution in [1.29, 1.82) is 0 Å². The number of hydrogen-bond donors (Lipinski definition) is 0. The molecule has 0 fully saturated rings. The molecule has 89 valence electrons. The molecular weight excluding hydrogens is 1020 g/mol. The van der Waals surface area contributed by atoms with E-state index in [0.29, 0.717) is 0 Å². The zero-order valence-corrected chi connectivity index (χ0v) is 21.5. The maximum Gasteiger partial charge on any atom is 0 e. The van der Waals surface area contributed by atoms with Crippen molar-refractivity contribution < 1.29 is 146 Å². The molecule has 0 spiro atoms. The second-order valence-electron chi connectivity index (χ2n) is 0. The van der Waals surface area contributed by atoms with Gasteiger partial charge in [0.05, 0.1) is 0 Å². The Balaban J connectivity index is 0. The molecule has 10 heteroatoms. The summed E-state index contributed by atoms with van der Waals surface area (Å²) in [5.41, 5.74) is 0. The molecule has 0 nitrogen and oxygen atoms in total. The summed E-state index contributed by atoms with van der Waals surface area (Å²) >= 11 is 0. The summed E-state index contributed by atoms with van der Waals surface area (Å²) in [7, 11) is 0. The largest absolute Gasteiger partial charge is 0 e. The normalized spacial score (nSPS) is 0. The fraction of sp³-hybridized carbons (Fsp3) is 0. The molecule has 10 heavy (non-hydrogen) atoms. The minimum atomic E-state index is 0. The van der Waals surface area contributed by atoms with Crippen LogP contribution in [0.15, 0.2) is 0 Å². The van der Waals surface area contributed by atoms with Crippen LogP contribution >= 0.6 is 0 Å². The molecule has 0 aromatic rings. The van der Waals surface area contributed by atoms with Gasteiger partial charge in [-0.2, -0.15) is 0 Å². The van der Waals surface area contributed by atoms with Crippen molar-refractivity contribution >= 4 is 71.7 Å². The SMILES string of the molecule is [Ag].[Ag].[Ag].[Ag].[Ag].[Cu].[Cu].[Sn].[Sn].[Sn]. The fourth-order valence-corrected chi connectivity index (χ4v) is 0. The molecule has 0 N–H and O–H groups in total. The third kappa shape index (κ3) is 59.4. The molecule has 0 saturated carbocycles. The molecule has 0 aliphatic heterocycles. The van der Waals surface area contributed by atoms with Crippen molar-refractivity contribution in [3.63, 3.8) is 0 Å². The molecule has 0 rings (SSSR count). The molecule has 0 heterocycles. The first-order valence-corrected chi connectivity index (χ1v) is 0. The van der Waals surface area contributed by atoms with Crippen molar-refractivity contribution in [2.75, 3.05) is 0 Å². The number of rotatable bonds is 0. The predicted molar refractivity (Wildman–Crippen MR) is 17.3 cm³/mol. The van der Waals surface area contributed by atoms with Crippen LogP contribution in [0.3, 0.4) is 0 Å². The number of hydrogen-bond acceptors (Lipinski definition) is 0. The summed E-state index contributed by atoms with van der Waals surface area (Å²) in [6.07, 6.45) is 0. The van der Waals surface area contributed by atoms with E-state index in [2.05, 4.69) is 0 Å². The van der Waals surface area contributed by atoms with Gasteiger partial charge in [0, 0.05) is 218 Å². The molecular formula is Ag5Cu2Sn3. The minimum absolute atomic E-state index is 0. The summed E-state index contributed by atoms with van der Waals surface area (Å²) in [5, 5.41) is 0. The van der Waals surface area contributed by atoms with Crippen molar-refractivity contribution in [1.82, 2.24) is 0 Å². The Kier molecular flexibility index (Phi) is 636. The van der Waals surface area contributed by atoms with Gasteiger partial charge in [0.15, 0.2) is 0 Å². The van der Waals surface area contributed by atoms with E-state index in [4.69, 9.17) is 0 Å². The van der Waals surface area contributed by atoms with E-state index in [0.717, 1.165) is 0 Å². The van der Waals surface area contributed by atoms with Gasteiger partial charge in [-0.1, -0.05) is 0 Å². The van der Waals surface area contributed by atoms with Crippen molar-refractivity contribution in [2.24, 2.45) is 0 Å². The van der Waals surface area contributed by atoms with E-state index in [-0.39, 0.29) is 218 Å². The van der Waals surface area contributed by atoms with Gasteiger partial charge in [0.2, 0.25) is 0 Å². The molecule has 0 amide bonds.